The molecule has 1 saturated heterocycles. The number of nitrogens with two attached hydrogens (primary N) is 1. The molecule has 21 heavy (non-hydrogen) atoms. The van der Waals surface area contributed by atoms with Crippen molar-refractivity contribution in [1.29, 1.82) is 0 Å². The topological polar surface area (TPSA) is 82.2 Å². The van der Waals surface area contributed by atoms with Crippen molar-refractivity contribution in [1.82, 2.24) is 9.80 Å². The summed E-state index contributed by atoms with van der Waals surface area (Å²) in [6.45, 7) is 2.33. The molecular weight excluding hydrogens is 282 g/mol. The molecule has 0 spiro atoms. The molecule has 0 bridgehead atoms. The highest BCUT2D eigenvalue weighted by Gasteiger charge is 2.23. The highest BCUT2D eigenvalue weighted by molar-refractivity contribution is 5.94. The SMILES string of the molecule is NC(CN1CCN(C(=O)c2ccc(F)c(F)c2)CC1)=NO. The molecule has 0 saturated carbocycles. The Labute approximate surface area is 120 Å². The van der Waals surface area contributed by atoms with Crippen LogP contribution in [0.15, 0.2) is 23.4 Å². The van der Waals surface area contributed by atoms with Gasteiger partial charge in [0.15, 0.2) is 17.5 Å². The van der Waals surface area contributed by atoms with Crippen LogP contribution >= 0.6 is 0 Å². The van der Waals surface area contributed by atoms with Gasteiger partial charge in [0.2, 0.25) is 0 Å². The third-order valence-corrected chi connectivity index (χ3v) is 3.34. The molecule has 0 atom stereocenters. The van der Waals surface area contributed by atoms with E-state index in [9.17, 15) is 13.6 Å². The van der Waals surface area contributed by atoms with Crippen molar-refractivity contribution < 1.29 is 18.8 Å². The van der Waals surface area contributed by atoms with Gasteiger partial charge in [-0.15, -0.1) is 0 Å². The third-order valence-electron chi connectivity index (χ3n) is 3.34. The van der Waals surface area contributed by atoms with Gasteiger partial charge in [-0.05, 0) is 18.2 Å². The highest BCUT2D eigenvalue weighted by atomic mass is 19.2. The first-order valence-electron chi connectivity index (χ1n) is 6.44. The summed E-state index contributed by atoms with van der Waals surface area (Å²) < 4.78 is 26.0. The lowest BCUT2D eigenvalue weighted by molar-refractivity contribution is 0.0652. The molecule has 0 radical (unpaired) electrons. The number of hydrogen-bond acceptors (Lipinski definition) is 4. The van der Waals surface area contributed by atoms with Gasteiger partial charge in [0, 0.05) is 31.7 Å². The number of rotatable bonds is 3. The Hall–Kier alpha value is -2.22. The molecule has 1 aromatic rings. The number of hydrogen-bond donors (Lipinski definition) is 2. The second-order valence-electron chi connectivity index (χ2n) is 4.79. The van der Waals surface area contributed by atoms with E-state index in [1.54, 1.807) is 4.90 Å². The fourth-order valence-electron chi connectivity index (χ4n) is 2.18. The van der Waals surface area contributed by atoms with Crippen LogP contribution in [0.25, 0.3) is 0 Å². The summed E-state index contributed by atoms with van der Waals surface area (Å²) in [5, 5.41) is 11.4. The summed E-state index contributed by atoms with van der Waals surface area (Å²) in [6, 6.07) is 3.11. The minimum Gasteiger partial charge on any atom is -0.409 e. The summed E-state index contributed by atoms with van der Waals surface area (Å²) in [5.74, 6) is -2.24. The second-order valence-corrected chi connectivity index (χ2v) is 4.79. The Kier molecular flexibility index (Phi) is 4.69. The van der Waals surface area contributed by atoms with E-state index in [0.29, 0.717) is 32.7 Å². The first kappa shape index (κ1) is 15.2. The standard InChI is InChI=1S/C13H16F2N4O2/c14-10-2-1-9(7-11(10)15)13(20)19-5-3-18(4-6-19)8-12(16)17-21/h1-2,7,21H,3-6,8H2,(H2,16,17). The molecule has 0 aromatic heterocycles. The summed E-state index contributed by atoms with van der Waals surface area (Å²) >= 11 is 0. The first-order valence-corrected chi connectivity index (χ1v) is 6.44. The van der Waals surface area contributed by atoms with Crippen LogP contribution in [0.4, 0.5) is 8.78 Å². The summed E-state index contributed by atoms with van der Waals surface area (Å²) in [5.41, 5.74) is 5.54. The molecule has 1 fully saturated rings. The van der Waals surface area contributed by atoms with Crippen LogP contribution in [0.2, 0.25) is 0 Å². The molecule has 0 unspecified atom stereocenters. The van der Waals surface area contributed by atoms with Crippen molar-refractivity contribution in [2.24, 2.45) is 10.9 Å². The van der Waals surface area contributed by atoms with Gasteiger partial charge in [0.05, 0.1) is 6.54 Å². The van der Waals surface area contributed by atoms with Gasteiger partial charge in [-0.2, -0.15) is 0 Å². The maximum atomic E-state index is 13.1. The van der Waals surface area contributed by atoms with E-state index in [1.807, 2.05) is 4.90 Å². The molecule has 1 aromatic carbocycles. The largest absolute Gasteiger partial charge is 0.409 e. The van der Waals surface area contributed by atoms with Gasteiger partial charge >= 0.3 is 0 Å². The normalized spacial score (nSPS) is 17.0. The third kappa shape index (κ3) is 3.66. The molecule has 8 heteroatoms. The molecule has 114 valence electrons. The molecular formula is C13H16F2N4O2. The number of oxime groups is 1. The lowest BCUT2D eigenvalue weighted by Gasteiger charge is -2.34. The van der Waals surface area contributed by atoms with Gasteiger partial charge in [-0.25, -0.2) is 8.78 Å². The minimum atomic E-state index is -1.04. The van der Waals surface area contributed by atoms with Crippen LogP contribution in [0.1, 0.15) is 10.4 Å². The number of piperazine rings is 1. The Balaban J connectivity index is 1.95. The van der Waals surface area contributed by atoms with Crippen molar-refractivity contribution in [3.8, 4) is 0 Å². The zero-order valence-electron chi connectivity index (χ0n) is 11.3. The number of carbonyl (C=O) groups excluding carboxylic acids is 1. The average Bonchev–Trinajstić information content (AvgIpc) is 2.50. The molecule has 1 aliphatic rings. The number of benzene rings is 1. The Morgan fingerprint density at radius 3 is 2.48 bits per heavy atom. The molecule has 1 heterocycles. The maximum absolute atomic E-state index is 13.1. The molecule has 6 nitrogen and oxygen atoms in total. The monoisotopic (exact) mass is 298 g/mol. The van der Waals surface area contributed by atoms with E-state index >= 15 is 0 Å². The number of halogens is 2. The lowest BCUT2D eigenvalue weighted by Crippen LogP contribution is -2.50. The van der Waals surface area contributed by atoms with Gasteiger partial charge in [-0.3, -0.25) is 9.69 Å². The highest BCUT2D eigenvalue weighted by Crippen LogP contribution is 2.12. The molecule has 3 N–H and O–H groups in total. The van der Waals surface area contributed by atoms with Crippen molar-refractivity contribution >= 4 is 11.7 Å². The average molecular weight is 298 g/mol. The van der Waals surface area contributed by atoms with Gasteiger partial charge in [0.25, 0.3) is 5.91 Å². The maximum Gasteiger partial charge on any atom is 0.254 e. The fraction of sp³-hybridized carbons (Fsp3) is 0.385. The lowest BCUT2D eigenvalue weighted by atomic mass is 10.1. The van der Waals surface area contributed by atoms with E-state index < -0.39 is 11.6 Å². The van der Waals surface area contributed by atoms with E-state index in [2.05, 4.69) is 5.16 Å². The quantitative estimate of drug-likeness (QED) is 0.368. The zero-order valence-corrected chi connectivity index (χ0v) is 11.3. The fourth-order valence-corrected chi connectivity index (χ4v) is 2.18. The Morgan fingerprint density at radius 1 is 1.24 bits per heavy atom. The van der Waals surface area contributed by atoms with Crippen molar-refractivity contribution in [2.45, 2.75) is 0 Å². The van der Waals surface area contributed by atoms with E-state index in [1.165, 1.54) is 6.07 Å². The van der Waals surface area contributed by atoms with Crippen LogP contribution in [0.5, 0.6) is 0 Å². The van der Waals surface area contributed by atoms with E-state index in [4.69, 9.17) is 10.9 Å². The van der Waals surface area contributed by atoms with Crippen molar-refractivity contribution in [3.63, 3.8) is 0 Å². The van der Waals surface area contributed by atoms with Gasteiger partial charge in [0.1, 0.15) is 0 Å². The van der Waals surface area contributed by atoms with Crippen LogP contribution < -0.4 is 5.73 Å². The van der Waals surface area contributed by atoms with Crippen LogP contribution in [-0.4, -0.2) is 59.5 Å². The Bertz CT molecular complexity index is 557. The molecule has 1 amide bonds. The first-order chi connectivity index (χ1) is 10.0. The summed E-state index contributed by atoms with van der Waals surface area (Å²) in [4.78, 5) is 15.7. The van der Waals surface area contributed by atoms with Crippen LogP contribution in [0.3, 0.4) is 0 Å². The number of nitrogens with zero attached hydrogens (tertiary/aromatic N) is 3. The minimum absolute atomic E-state index is 0.107. The number of amides is 1. The molecule has 1 aliphatic heterocycles. The smallest absolute Gasteiger partial charge is 0.254 e. The van der Waals surface area contributed by atoms with Gasteiger partial charge in [-0.1, -0.05) is 5.16 Å². The van der Waals surface area contributed by atoms with Crippen LogP contribution in [0, 0.1) is 11.6 Å². The second kappa shape index (κ2) is 6.49. The van der Waals surface area contributed by atoms with E-state index in [0.717, 1.165) is 12.1 Å². The summed E-state index contributed by atoms with van der Waals surface area (Å²) in [7, 11) is 0. The van der Waals surface area contributed by atoms with Crippen molar-refractivity contribution in [3.05, 3.63) is 35.4 Å². The van der Waals surface area contributed by atoms with Gasteiger partial charge < -0.3 is 15.8 Å². The number of carbonyl (C=O) groups is 1. The summed E-state index contributed by atoms with van der Waals surface area (Å²) in [6.07, 6.45) is 0. The predicted molar refractivity (Wildman–Crippen MR) is 72.1 cm³/mol. The molecule has 2 rings (SSSR count). The zero-order chi connectivity index (χ0) is 15.4. The van der Waals surface area contributed by atoms with Crippen molar-refractivity contribution in [2.75, 3.05) is 32.7 Å². The van der Waals surface area contributed by atoms with Crippen LogP contribution in [-0.2, 0) is 0 Å². The molecule has 0 aliphatic carbocycles. The Morgan fingerprint density at radius 2 is 1.90 bits per heavy atom. The number of amidine groups is 1. The van der Waals surface area contributed by atoms with E-state index in [-0.39, 0.29) is 17.3 Å². The predicted octanol–water partition coefficient (Wildman–Crippen LogP) is 0.469.